The van der Waals surface area contributed by atoms with Crippen LogP contribution in [-0.2, 0) is 24.3 Å². The molecule has 0 radical (unpaired) electrons. The summed E-state index contributed by atoms with van der Waals surface area (Å²) < 4.78 is 7.70. The molecule has 0 aromatic carbocycles. The summed E-state index contributed by atoms with van der Waals surface area (Å²) >= 11 is 7.31. The van der Waals surface area contributed by atoms with E-state index in [9.17, 15) is 5.11 Å². The van der Waals surface area contributed by atoms with Crippen molar-refractivity contribution < 1.29 is 9.84 Å². The van der Waals surface area contributed by atoms with E-state index in [-0.39, 0.29) is 12.6 Å². The number of hydrogen-bond acceptors (Lipinski definition) is 6. The molecular formula is C17H25ClN6O2S. The van der Waals surface area contributed by atoms with Gasteiger partial charge < -0.3 is 20.5 Å². The third-order valence-corrected chi connectivity index (χ3v) is 5.54. The normalized spacial score (nSPS) is 18.2. The first-order chi connectivity index (χ1) is 13.1. The van der Waals surface area contributed by atoms with E-state index in [1.165, 1.54) is 11.3 Å². The predicted octanol–water partition coefficient (Wildman–Crippen LogP) is 1.74. The number of nitrogens with zero attached hydrogens (tertiary/aromatic N) is 4. The maximum Gasteiger partial charge on any atom is 0.191 e. The topological polar surface area (TPSA) is 96.6 Å². The lowest BCUT2D eigenvalue weighted by Crippen LogP contribution is -2.47. The number of guanidine groups is 1. The van der Waals surface area contributed by atoms with Crippen LogP contribution in [0.15, 0.2) is 17.1 Å². The standard InChI is InChI=1S/C17H25ClN6O2S/c1-3-19-17(20-8-12(25)13-5-6-14(18)27-13)21-11-4-7-16-22-15(10-26-2)23-24(16)9-11/h5-6,11-12,25H,3-4,7-10H2,1-2H3,(H2,19,20,21). The smallest absolute Gasteiger partial charge is 0.191 e. The average molecular weight is 413 g/mol. The summed E-state index contributed by atoms with van der Waals surface area (Å²) in [4.78, 5) is 9.84. The lowest BCUT2D eigenvalue weighted by atomic mass is 10.1. The Balaban J connectivity index is 1.60. The third kappa shape index (κ3) is 5.41. The number of ether oxygens (including phenoxy) is 1. The molecule has 0 amide bonds. The lowest BCUT2D eigenvalue weighted by Gasteiger charge is -2.25. The number of nitrogens with one attached hydrogen (secondary N) is 2. The summed E-state index contributed by atoms with van der Waals surface area (Å²) in [7, 11) is 1.64. The van der Waals surface area contributed by atoms with Crippen molar-refractivity contribution in [1.82, 2.24) is 25.4 Å². The molecule has 0 fully saturated rings. The van der Waals surface area contributed by atoms with Gasteiger partial charge in [-0.15, -0.1) is 11.3 Å². The average Bonchev–Trinajstić information content (AvgIpc) is 3.25. The number of aliphatic imine (C=N–C) groups is 1. The van der Waals surface area contributed by atoms with Crippen molar-refractivity contribution in [2.75, 3.05) is 20.2 Å². The number of aliphatic hydroxyl groups excluding tert-OH is 1. The van der Waals surface area contributed by atoms with E-state index in [1.54, 1.807) is 13.2 Å². The highest BCUT2D eigenvalue weighted by Gasteiger charge is 2.22. The molecule has 3 N–H and O–H groups in total. The minimum Gasteiger partial charge on any atom is -0.386 e. The van der Waals surface area contributed by atoms with Crippen molar-refractivity contribution in [3.8, 4) is 0 Å². The summed E-state index contributed by atoms with van der Waals surface area (Å²) in [6.45, 7) is 4.17. The van der Waals surface area contributed by atoms with Crippen molar-refractivity contribution >= 4 is 28.9 Å². The van der Waals surface area contributed by atoms with Crippen LogP contribution in [0.25, 0.3) is 0 Å². The number of methoxy groups -OCH3 is 1. The van der Waals surface area contributed by atoms with Crippen molar-refractivity contribution in [3.63, 3.8) is 0 Å². The van der Waals surface area contributed by atoms with E-state index in [2.05, 4.69) is 25.7 Å². The van der Waals surface area contributed by atoms with Gasteiger partial charge >= 0.3 is 0 Å². The summed E-state index contributed by atoms with van der Waals surface area (Å²) in [6.07, 6.45) is 1.13. The number of hydrogen-bond donors (Lipinski definition) is 3. The van der Waals surface area contributed by atoms with E-state index in [0.717, 1.165) is 36.6 Å². The van der Waals surface area contributed by atoms with E-state index < -0.39 is 6.10 Å². The van der Waals surface area contributed by atoms with Gasteiger partial charge in [0.25, 0.3) is 0 Å². The van der Waals surface area contributed by atoms with Crippen LogP contribution in [0.3, 0.4) is 0 Å². The molecular weight excluding hydrogens is 388 g/mol. The Morgan fingerprint density at radius 1 is 1.56 bits per heavy atom. The molecule has 1 aliphatic rings. The van der Waals surface area contributed by atoms with Crippen molar-refractivity contribution in [2.24, 2.45) is 4.99 Å². The number of rotatable bonds is 7. The molecule has 1 aliphatic heterocycles. The fourth-order valence-electron chi connectivity index (χ4n) is 2.96. The molecule has 2 aromatic heterocycles. The molecule has 0 saturated heterocycles. The fourth-order valence-corrected chi connectivity index (χ4v) is 4.00. The molecule has 148 valence electrons. The Labute approximate surface area is 167 Å². The number of thiophene rings is 1. The van der Waals surface area contributed by atoms with Crippen LogP contribution in [0.2, 0.25) is 4.34 Å². The van der Waals surface area contributed by atoms with E-state index in [4.69, 9.17) is 16.3 Å². The molecule has 10 heteroatoms. The van der Waals surface area contributed by atoms with Gasteiger partial charge in [-0.1, -0.05) is 11.6 Å². The highest BCUT2D eigenvalue weighted by molar-refractivity contribution is 7.16. The molecule has 8 nitrogen and oxygen atoms in total. The second-order valence-corrected chi connectivity index (χ2v) is 8.06. The van der Waals surface area contributed by atoms with Gasteiger partial charge in [-0.2, -0.15) is 5.10 Å². The Morgan fingerprint density at radius 2 is 2.41 bits per heavy atom. The van der Waals surface area contributed by atoms with Crippen LogP contribution in [0.4, 0.5) is 0 Å². The number of aryl methyl sites for hydroxylation is 1. The summed E-state index contributed by atoms with van der Waals surface area (Å²) in [5.41, 5.74) is 0. The largest absolute Gasteiger partial charge is 0.386 e. The van der Waals surface area contributed by atoms with Crippen LogP contribution in [-0.4, -0.2) is 52.1 Å². The Hall–Kier alpha value is -1.68. The van der Waals surface area contributed by atoms with Crippen molar-refractivity contribution in [2.45, 2.75) is 45.1 Å². The quantitative estimate of drug-likeness (QED) is 0.473. The van der Waals surface area contributed by atoms with Crippen molar-refractivity contribution in [1.29, 1.82) is 0 Å². The van der Waals surface area contributed by atoms with E-state index in [0.29, 0.717) is 22.7 Å². The highest BCUT2D eigenvalue weighted by Crippen LogP contribution is 2.26. The van der Waals surface area contributed by atoms with Gasteiger partial charge in [0, 0.05) is 31.0 Å². The maximum absolute atomic E-state index is 10.3. The van der Waals surface area contributed by atoms with Gasteiger partial charge in [0.2, 0.25) is 0 Å². The first-order valence-corrected chi connectivity index (χ1v) is 10.2. The predicted molar refractivity (Wildman–Crippen MR) is 106 cm³/mol. The molecule has 2 atom stereocenters. The van der Waals surface area contributed by atoms with Gasteiger partial charge in [-0.05, 0) is 25.5 Å². The molecule has 0 bridgehead atoms. The van der Waals surface area contributed by atoms with Gasteiger partial charge in [0.05, 0.1) is 17.4 Å². The SMILES string of the molecule is CCNC(=NCC(O)c1ccc(Cl)s1)NC1CCc2nc(COC)nn2C1. The zero-order valence-corrected chi connectivity index (χ0v) is 17.1. The molecule has 27 heavy (non-hydrogen) atoms. The van der Waals surface area contributed by atoms with Crippen molar-refractivity contribution in [3.05, 3.63) is 33.0 Å². The Kier molecular flexibility index (Phi) is 7.06. The minimum atomic E-state index is -0.664. The zero-order valence-electron chi connectivity index (χ0n) is 15.5. The van der Waals surface area contributed by atoms with Crippen LogP contribution in [0.1, 0.15) is 36.0 Å². The molecule has 0 spiro atoms. The van der Waals surface area contributed by atoms with E-state index >= 15 is 0 Å². The lowest BCUT2D eigenvalue weighted by molar-refractivity contribution is 0.177. The summed E-state index contributed by atoms with van der Waals surface area (Å²) in [5, 5.41) is 21.5. The van der Waals surface area contributed by atoms with Gasteiger partial charge in [-0.25, -0.2) is 9.67 Å². The molecule has 2 aromatic rings. The second kappa shape index (κ2) is 9.50. The number of aromatic nitrogens is 3. The fraction of sp³-hybridized carbons (Fsp3) is 0.588. The first-order valence-electron chi connectivity index (χ1n) is 8.98. The minimum absolute atomic E-state index is 0.195. The number of aliphatic hydroxyl groups is 1. The van der Waals surface area contributed by atoms with Gasteiger partial charge in [0.1, 0.15) is 18.5 Å². The summed E-state index contributed by atoms with van der Waals surface area (Å²) in [5.74, 6) is 2.39. The van der Waals surface area contributed by atoms with Gasteiger partial charge in [-0.3, -0.25) is 4.99 Å². The Bertz CT molecular complexity index is 777. The number of halogens is 1. The molecule has 3 rings (SSSR count). The Morgan fingerprint density at radius 3 is 3.11 bits per heavy atom. The third-order valence-electron chi connectivity index (χ3n) is 4.21. The molecule has 3 heterocycles. The number of fused-ring (bicyclic) bond motifs is 1. The summed E-state index contributed by atoms with van der Waals surface area (Å²) in [6, 6.07) is 3.81. The highest BCUT2D eigenvalue weighted by atomic mass is 35.5. The molecule has 2 unspecified atom stereocenters. The van der Waals surface area contributed by atoms with Crippen LogP contribution < -0.4 is 10.6 Å². The second-order valence-electron chi connectivity index (χ2n) is 6.32. The monoisotopic (exact) mass is 412 g/mol. The van der Waals surface area contributed by atoms with Crippen LogP contribution in [0.5, 0.6) is 0 Å². The van der Waals surface area contributed by atoms with E-state index in [1.807, 2.05) is 17.7 Å². The molecule has 0 aliphatic carbocycles. The van der Waals surface area contributed by atoms with Crippen LogP contribution in [0, 0.1) is 0 Å². The van der Waals surface area contributed by atoms with Gasteiger partial charge in [0.15, 0.2) is 11.8 Å². The zero-order chi connectivity index (χ0) is 19.2. The van der Waals surface area contributed by atoms with Crippen LogP contribution >= 0.6 is 22.9 Å². The maximum atomic E-state index is 10.3. The molecule has 0 saturated carbocycles. The first kappa shape index (κ1) is 20.1.